The van der Waals surface area contributed by atoms with Crippen molar-refractivity contribution in [1.82, 2.24) is 0 Å². The molecule has 1 aromatic rings. The molecule has 17 heavy (non-hydrogen) atoms. The number of hydrogen-bond donors (Lipinski definition) is 1. The molecule has 0 bridgehead atoms. The van der Waals surface area contributed by atoms with E-state index in [-0.39, 0.29) is 12.6 Å². The van der Waals surface area contributed by atoms with Gasteiger partial charge in [0.25, 0.3) is 0 Å². The smallest absolute Gasteiger partial charge is 0.348 e. The van der Waals surface area contributed by atoms with Gasteiger partial charge in [0, 0.05) is 11.5 Å². The third-order valence-corrected chi connectivity index (χ3v) is 3.70. The molecule has 0 saturated heterocycles. The highest BCUT2D eigenvalue weighted by atomic mass is 32.1. The molecular formula is C13H20O3S. The maximum Gasteiger partial charge on any atom is 0.348 e. The van der Waals surface area contributed by atoms with E-state index in [0.29, 0.717) is 17.4 Å². The lowest BCUT2D eigenvalue weighted by molar-refractivity contribution is 0.0532. The summed E-state index contributed by atoms with van der Waals surface area (Å²) >= 11 is 1.50. The van der Waals surface area contributed by atoms with Crippen LogP contribution < -0.4 is 0 Å². The molecule has 4 heteroatoms. The lowest BCUT2D eigenvalue weighted by Crippen LogP contribution is -2.01. The molecule has 1 rings (SSSR count). The van der Waals surface area contributed by atoms with Gasteiger partial charge in [-0.2, -0.15) is 0 Å². The number of esters is 1. The van der Waals surface area contributed by atoms with Crippen molar-refractivity contribution in [3.05, 3.63) is 21.9 Å². The van der Waals surface area contributed by atoms with Gasteiger partial charge in [-0.1, -0.05) is 6.92 Å². The third-order valence-electron chi connectivity index (χ3n) is 2.57. The summed E-state index contributed by atoms with van der Waals surface area (Å²) < 4.78 is 4.94. The number of aliphatic hydroxyl groups excluding tert-OH is 1. The van der Waals surface area contributed by atoms with E-state index in [1.165, 1.54) is 16.2 Å². The molecule has 0 fully saturated rings. The molecule has 1 heterocycles. The molecule has 0 aromatic carbocycles. The quantitative estimate of drug-likeness (QED) is 0.763. The Labute approximate surface area is 106 Å². The highest BCUT2D eigenvalue weighted by Crippen LogP contribution is 2.20. The van der Waals surface area contributed by atoms with Crippen molar-refractivity contribution in [2.45, 2.75) is 33.1 Å². The second-order valence-electron chi connectivity index (χ2n) is 4.17. The maximum atomic E-state index is 11.4. The van der Waals surface area contributed by atoms with Gasteiger partial charge in [0.2, 0.25) is 0 Å². The Kier molecular flexibility index (Phi) is 6.22. The van der Waals surface area contributed by atoms with E-state index in [2.05, 4.69) is 0 Å². The van der Waals surface area contributed by atoms with Gasteiger partial charge < -0.3 is 9.84 Å². The van der Waals surface area contributed by atoms with Crippen LogP contribution in [0.1, 0.15) is 41.2 Å². The number of ether oxygens (including phenoxy) is 1. The summed E-state index contributed by atoms with van der Waals surface area (Å²) in [6.07, 6.45) is 3.03. The van der Waals surface area contributed by atoms with Crippen LogP contribution in [0.4, 0.5) is 0 Å². The first kappa shape index (κ1) is 14.2. The number of aryl methyl sites for hydroxylation is 1. The Balaban J connectivity index is 2.38. The molecular weight excluding hydrogens is 236 g/mol. The Bertz CT molecular complexity index is 346. The molecule has 0 aliphatic heterocycles. The summed E-state index contributed by atoms with van der Waals surface area (Å²) in [6, 6.07) is 3.81. The lowest BCUT2D eigenvalue weighted by Gasteiger charge is -2.05. The monoisotopic (exact) mass is 256 g/mol. The summed E-state index contributed by atoms with van der Waals surface area (Å²) in [5.74, 6) is 0.131. The summed E-state index contributed by atoms with van der Waals surface area (Å²) in [5.41, 5.74) is 0. The molecule has 0 aliphatic carbocycles. The first-order valence-corrected chi connectivity index (χ1v) is 6.85. The molecule has 0 amide bonds. The number of carbonyl (C=O) groups excluding carboxylic acids is 1. The number of aliphatic hydroxyl groups is 1. The molecule has 1 N–H and O–H groups in total. The van der Waals surface area contributed by atoms with E-state index in [0.717, 1.165) is 19.3 Å². The predicted molar refractivity (Wildman–Crippen MR) is 69.5 cm³/mol. The van der Waals surface area contributed by atoms with E-state index < -0.39 is 0 Å². The first-order valence-electron chi connectivity index (χ1n) is 6.04. The number of carbonyl (C=O) groups is 1. The van der Waals surface area contributed by atoms with E-state index in [9.17, 15) is 4.79 Å². The summed E-state index contributed by atoms with van der Waals surface area (Å²) in [4.78, 5) is 13.3. The van der Waals surface area contributed by atoms with Gasteiger partial charge in [0.1, 0.15) is 4.88 Å². The molecule has 1 aromatic heterocycles. The fraction of sp³-hybridized carbons (Fsp3) is 0.615. The average molecular weight is 256 g/mol. The maximum absolute atomic E-state index is 11.4. The average Bonchev–Trinajstić information content (AvgIpc) is 2.78. The van der Waals surface area contributed by atoms with Crippen molar-refractivity contribution >= 4 is 17.3 Å². The fourth-order valence-corrected chi connectivity index (χ4v) is 2.48. The second-order valence-corrected chi connectivity index (χ2v) is 5.33. The molecule has 96 valence electrons. The van der Waals surface area contributed by atoms with E-state index >= 15 is 0 Å². The molecule has 0 saturated carbocycles. The summed E-state index contributed by atoms with van der Waals surface area (Å²) in [5, 5.41) is 8.91. The normalized spacial score (nSPS) is 12.4. The van der Waals surface area contributed by atoms with Gasteiger partial charge >= 0.3 is 5.97 Å². The molecule has 1 unspecified atom stereocenters. The molecule has 3 nitrogen and oxygen atoms in total. The zero-order chi connectivity index (χ0) is 12.7. The fourth-order valence-electron chi connectivity index (χ4n) is 1.54. The van der Waals surface area contributed by atoms with Crippen LogP contribution in [0.5, 0.6) is 0 Å². The zero-order valence-corrected chi connectivity index (χ0v) is 11.3. The van der Waals surface area contributed by atoms with Crippen LogP contribution in [-0.4, -0.2) is 24.3 Å². The van der Waals surface area contributed by atoms with E-state index in [4.69, 9.17) is 9.84 Å². The van der Waals surface area contributed by atoms with Crippen LogP contribution in [0.3, 0.4) is 0 Å². The minimum Gasteiger partial charge on any atom is -0.462 e. The van der Waals surface area contributed by atoms with Gasteiger partial charge in [-0.05, 0) is 44.2 Å². The molecule has 0 spiro atoms. The first-order chi connectivity index (χ1) is 8.17. The van der Waals surface area contributed by atoms with Crippen molar-refractivity contribution < 1.29 is 14.6 Å². The van der Waals surface area contributed by atoms with Crippen LogP contribution in [0.25, 0.3) is 0 Å². The Morgan fingerprint density at radius 2 is 2.29 bits per heavy atom. The van der Waals surface area contributed by atoms with Gasteiger partial charge in [-0.25, -0.2) is 4.79 Å². The standard InChI is InChI=1S/C13H20O3S/c1-3-16-13(15)12-8-7-11(17-12)6-4-5-10(2)9-14/h7-8,10,14H,3-6,9H2,1-2H3. The van der Waals surface area contributed by atoms with Crippen LogP contribution in [-0.2, 0) is 11.2 Å². The van der Waals surface area contributed by atoms with Crippen molar-refractivity contribution in [2.24, 2.45) is 5.92 Å². The van der Waals surface area contributed by atoms with Gasteiger partial charge in [-0.3, -0.25) is 0 Å². The number of rotatable bonds is 7. The SMILES string of the molecule is CCOC(=O)c1ccc(CCCC(C)CO)s1. The Morgan fingerprint density at radius 1 is 1.53 bits per heavy atom. The largest absolute Gasteiger partial charge is 0.462 e. The second kappa shape index (κ2) is 7.45. The number of hydrogen-bond acceptors (Lipinski definition) is 4. The van der Waals surface area contributed by atoms with Crippen molar-refractivity contribution in [2.75, 3.05) is 13.2 Å². The van der Waals surface area contributed by atoms with Crippen molar-refractivity contribution in [3.63, 3.8) is 0 Å². The summed E-state index contributed by atoms with van der Waals surface area (Å²) in [7, 11) is 0. The van der Waals surface area contributed by atoms with Gasteiger partial charge in [0.15, 0.2) is 0 Å². The predicted octanol–water partition coefficient (Wildman–Crippen LogP) is 2.88. The summed E-state index contributed by atoms with van der Waals surface area (Å²) in [6.45, 7) is 4.51. The van der Waals surface area contributed by atoms with Crippen LogP contribution in [0.15, 0.2) is 12.1 Å². The van der Waals surface area contributed by atoms with Crippen molar-refractivity contribution in [1.29, 1.82) is 0 Å². The lowest BCUT2D eigenvalue weighted by atomic mass is 10.1. The Morgan fingerprint density at radius 3 is 2.94 bits per heavy atom. The van der Waals surface area contributed by atoms with Gasteiger partial charge in [0.05, 0.1) is 6.61 Å². The van der Waals surface area contributed by atoms with Crippen molar-refractivity contribution in [3.8, 4) is 0 Å². The highest BCUT2D eigenvalue weighted by Gasteiger charge is 2.10. The minimum atomic E-state index is -0.229. The number of thiophene rings is 1. The minimum absolute atomic E-state index is 0.229. The third kappa shape index (κ3) is 4.88. The van der Waals surface area contributed by atoms with Crippen LogP contribution >= 0.6 is 11.3 Å². The van der Waals surface area contributed by atoms with E-state index in [1.807, 2.05) is 26.0 Å². The Hall–Kier alpha value is -0.870. The van der Waals surface area contributed by atoms with Gasteiger partial charge in [-0.15, -0.1) is 11.3 Å². The topological polar surface area (TPSA) is 46.5 Å². The van der Waals surface area contributed by atoms with Crippen LogP contribution in [0.2, 0.25) is 0 Å². The van der Waals surface area contributed by atoms with E-state index in [1.54, 1.807) is 0 Å². The van der Waals surface area contributed by atoms with Crippen LogP contribution in [0, 0.1) is 5.92 Å². The highest BCUT2D eigenvalue weighted by molar-refractivity contribution is 7.13. The molecule has 0 radical (unpaired) electrons. The molecule has 0 aliphatic rings. The zero-order valence-electron chi connectivity index (χ0n) is 10.4. The molecule has 1 atom stereocenters.